The molecule has 3 N–H and O–H groups in total. The highest BCUT2D eigenvalue weighted by Gasteiger charge is 2.17. The van der Waals surface area contributed by atoms with E-state index in [1.165, 1.54) is 32.1 Å². The minimum atomic E-state index is 0.193. The van der Waals surface area contributed by atoms with E-state index in [4.69, 9.17) is 11.1 Å². The Labute approximate surface area is 126 Å². The van der Waals surface area contributed by atoms with Gasteiger partial charge in [0, 0.05) is 23.7 Å². The fourth-order valence-electron chi connectivity index (χ4n) is 2.82. The molecule has 110 valence electrons. The molecule has 1 saturated heterocycles. The Kier molecular flexibility index (Phi) is 5.77. The molecule has 1 aliphatic rings. The van der Waals surface area contributed by atoms with Gasteiger partial charge in [0.05, 0.1) is 5.56 Å². The van der Waals surface area contributed by atoms with Crippen molar-refractivity contribution in [1.82, 2.24) is 0 Å². The molecule has 2 rings (SSSR count). The third-order valence-electron chi connectivity index (χ3n) is 3.77. The zero-order chi connectivity index (χ0) is 14.4. The fourth-order valence-corrected chi connectivity index (χ4v) is 3.66. The maximum Gasteiger partial charge on any atom is 0.126 e. The van der Waals surface area contributed by atoms with Crippen LogP contribution in [0.2, 0.25) is 0 Å². The second-order valence-electron chi connectivity index (χ2n) is 5.25. The van der Waals surface area contributed by atoms with Crippen LogP contribution in [-0.2, 0) is 0 Å². The predicted octanol–water partition coefficient (Wildman–Crippen LogP) is 3.85. The van der Waals surface area contributed by atoms with Gasteiger partial charge in [-0.05, 0) is 30.7 Å². The van der Waals surface area contributed by atoms with Gasteiger partial charge in [-0.15, -0.1) is 11.8 Å². The maximum atomic E-state index is 7.95. The summed E-state index contributed by atoms with van der Waals surface area (Å²) in [7, 11) is 0. The number of anilines is 1. The van der Waals surface area contributed by atoms with Gasteiger partial charge in [0.2, 0.25) is 0 Å². The average molecular weight is 291 g/mol. The number of nitrogens with one attached hydrogen (secondary N) is 1. The summed E-state index contributed by atoms with van der Waals surface area (Å²) in [5.74, 6) is 1.20. The molecule has 0 aromatic heterocycles. The molecular formula is C16H25N3S. The number of thioether (sulfide) groups is 1. The summed E-state index contributed by atoms with van der Waals surface area (Å²) in [4.78, 5) is 3.56. The molecule has 0 bridgehead atoms. The maximum absolute atomic E-state index is 7.95. The molecule has 1 aliphatic heterocycles. The lowest BCUT2D eigenvalue weighted by atomic mass is 10.1. The smallest absolute Gasteiger partial charge is 0.126 e. The van der Waals surface area contributed by atoms with E-state index in [0.29, 0.717) is 0 Å². The lowest BCUT2D eigenvalue weighted by Crippen LogP contribution is -2.30. The van der Waals surface area contributed by atoms with E-state index in [1.54, 1.807) is 11.8 Å². The molecule has 0 atom stereocenters. The number of amidine groups is 1. The molecule has 1 aromatic carbocycles. The first kappa shape index (κ1) is 15.2. The normalized spacial score (nSPS) is 16.6. The van der Waals surface area contributed by atoms with Crippen LogP contribution in [0.1, 0.15) is 44.6 Å². The highest BCUT2D eigenvalue weighted by atomic mass is 32.2. The molecule has 0 amide bonds. The quantitative estimate of drug-likeness (QED) is 0.503. The second kappa shape index (κ2) is 7.58. The molecule has 0 unspecified atom stereocenters. The summed E-state index contributed by atoms with van der Waals surface area (Å²) in [6.07, 6.45) is 6.47. The average Bonchev–Trinajstić information content (AvgIpc) is 2.38. The number of nitrogen functional groups attached to an aromatic ring is 1. The molecule has 3 nitrogen and oxygen atoms in total. The zero-order valence-corrected chi connectivity index (χ0v) is 13.1. The van der Waals surface area contributed by atoms with Crippen LogP contribution in [0.15, 0.2) is 23.1 Å². The van der Waals surface area contributed by atoms with Gasteiger partial charge < -0.3 is 10.6 Å². The van der Waals surface area contributed by atoms with E-state index in [2.05, 4.69) is 30.0 Å². The topological polar surface area (TPSA) is 53.1 Å². The standard InChI is InChI=1S/C16H25N3S/c1-2-20-14-10-8-9-13(15(14)16(17)18)19-11-6-4-3-5-7-12-19/h8-10H,2-7,11-12H2,1H3,(H3,17,18). The van der Waals surface area contributed by atoms with Crippen LogP contribution in [-0.4, -0.2) is 24.7 Å². The van der Waals surface area contributed by atoms with Crippen molar-refractivity contribution in [2.45, 2.75) is 43.9 Å². The van der Waals surface area contributed by atoms with E-state index >= 15 is 0 Å². The zero-order valence-electron chi connectivity index (χ0n) is 12.3. The van der Waals surface area contributed by atoms with Crippen LogP contribution in [0.4, 0.5) is 5.69 Å². The lowest BCUT2D eigenvalue weighted by molar-refractivity contribution is 0.556. The Morgan fingerprint density at radius 3 is 2.45 bits per heavy atom. The Hall–Kier alpha value is -1.16. The van der Waals surface area contributed by atoms with Crippen molar-refractivity contribution >= 4 is 23.3 Å². The first-order valence-corrected chi connectivity index (χ1v) is 8.57. The summed E-state index contributed by atoms with van der Waals surface area (Å²) in [5, 5.41) is 7.95. The van der Waals surface area contributed by atoms with Crippen molar-refractivity contribution in [2.75, 3.05) is 23.7 Å². The van der Waals surface area contributed by atoms with Crippen molar-refractivity contribution in [2.24, 2.45) is 5.73 Å². The van der Waals surface area contributed by atoms with Crippen LogP contribution in [0.25, 0.3) is 0 Å². The van der Waals surface area contributed by atoms with Crippen LogP contribution in [0, 0.1) is 5.41 Å². The first-order chi connectivity index (χ1) is 9.74. The summed E-state index contributed by atoms with van der Waals surface area (Å²) >= 11 is 1.77. The Morgan fingerprint density at radius 2 is 1.85 bits per heavy atom. The lowest BCUT2D eigenvalue weighted by Gasteiger charge is -2.29. The van der Waals surface area contributed by atoms with Gasteiger partial charge in [-0.25, -0.2) is 0 Å². The fraction of sp³-hybridized carbons (Fsp3) is 0.562. The molecule has 0 spiro atoms. The van der Waals surface area contributed by atoms with Gasteiger partial charge in [0.1, 0.15) is 5.84 Å². The minimum Gasteiger partial charge on any atom is -0.384 e. The summed E-state index contributed by atoms with van der Waals surface area (Å²) in [6, 6.07) is 6.30. The highest BCUT2D eigenvalue weighted by Crippen LogP contribution is 2.31. The number of nitrogens with zero attached hydrogens (tertiary/aromatic N) is 1. The molecule has 0 aliphatic carbocycles. The van der Waals surface area contributed by atoms with Crippen LogP contribution < -0.4 is 10.6 Å². The largest absolute Gasteiger partial charge is 0.384 e. The van der Waals surface area contributed by atoms with Crippen molar-refractivity contribution in [1.29, 1.82) is 5.41 Å². The van der Waals surface area contributed by atoms with Gasteiger partial charge in [-0.1, -0.05) is 32.3 Å². The summed E-state index contributed by atoms with van der Waals surface area (Å²) in [6.45, 7) is 4.30. The molecular weight excluding hydrogens is 266 g/mol. The van der Waals surface area contributed by atoms with Gasteiger partial charge in [-0.2, -0.15) is 0 Å². The van der Waals surface area contributed by atoms with E-state index in [-0.39, 0.29) is 5.84 Å². The third kappa shape index (κ3) is 3.69. The molecule has 1 fully saturated rings. The van der Waals surface area contributed by atoms with Crippen molar-refractivity contribution in [3.8, 4) is 0 Å². The molecule has 0 radical (unpaired) electrons. The number of rotatable bonds is 4. The number of nitrogens with two attached hydrogens (primary N) is 1. The first-order valence-electron chi connectivity index (χ1n) is 7.59. The molecule has 20 heavy (non-hydrogen) atoms. The molecule has 4 heteroatoms. The number of hydrogen-bond acceptors (Lipinski definition) is 3. The van der Waals surface area contributed by atoms with E-state index in [9.17, 15) is 0 Å². The Bertz CT molecular complexity index is 451. The van der Waals surface area contributed by atoms with Crippen LogP contribution in [0.5, 0.6) is 0 Å². The van der Waals surface area contributed by atoms with Crippen LogP contribution >= 0.6 is 11.8 Å². The Balaban J connectivity index is 2.33. The van der Waals surface area contributed by atoms with Crippen molar-refractivity contribution < 1.29 is 0 Å². The molecule has 0 saturated carbocycles. The van der Waals surface area contributed by atoms with E-state index in [0.717, 1.165) is 35.0 Å². The SMILES string of the molecule is CCSc1cccc(N2CCCCCCC2)c1C(=N)N. The van der Waals surface area contributed by atoms with Gasteiger partial charge >= 0.3 is 0 Å². The van der Waals surface area contributed by atoms with Gasteiger partial charge in [0.15, 0.2) is 0 Å². The molecule has 1 heterocycles. The third-order valence-corrected chi connectivity index (χ3v) is 4.71. The van der Waals surface area contributed by atoms with Crippen molar-refractivity contribution in [3.05, 3.63) is 23.8 Å². The second-order valence-corrected chi connectivity index (χ2v) is 6.56. The monoisotopic (exact) mass is 291 g/mol. The van der Waals surface area contributed by atoms with Gasteiger partial charge in [0.25, 0.3) is 0 Å². The Morgan fingerprint density at radius 1 is 1.20 bits per heavy atom. The minimum absolute atomic E-state index is 0.193. The summed E-state index contributed by atoms with van der Waals surface area (Å²) < 4.78 is 0. The number of hydrogen-bond donors (Lipinski definition) is 2. The molecule has 1 aromatic rings. The van der Waals surface area contributed by atoms with Crippen molar-refractivity contribution in [3.63, 3.8) is 0 Å². The van der Waals surface area contributed by atoms with Crippen LogP contribution in [0.3, 0.4) is 0 Å². The van der Waals surface area contributed by atoms with E-state index in [1.807, 2.05) is 0 Å². The summed E-state index contributed by atoms with van der Waals surface area (Å²) in [5.41, 5.74) is 7.95. The number of benzene rings is 1. The highest BCUT2D eigenvalue weighted by molar-refractivity contribution is 7.99. The van der Waals surface area contributed by atoms with Gasteiger partial charge in [-0.3, -0.25) is 5.41 Å². The van der Waals surface area contributed by atoms with E-state index < -0.39 is 0 Å². The predicted molar refractivity (Wildman–Crippen MR) is 89.2 cm³/mol.